The molecule has 76 heavy (non-hydrogen) atoms. The van der Waals surface area contributed by atoms with E-state index in [1.807, 2.05) is 24.3 Å². The van der Waals surface area contributed by atoms with Crippen molar-refractivity contribution in [2.75, 3.05) is 49.5 Å². The number of hydrogen-bond acceptors (Lipinski definition) is 11. The molecule has 2 aromatic rings. The van der Waals surface area contributed by atoms with Gasteiger partial charge in [-0.2, -0.15) is 39.5 Å². The van der Waals surface area contributed by atoms with Gasteiger partial charge in [0.15, 0.2) is 11.9 Å². The van der Waals surface area contributed by atoms with Crippen LogP contribution >= 0.6 is 0 Å². The van der Waals surface area contributed by atoms with Gasteiger partial charge >= 0.3 is 36.4 Å². The molecule has 2 aliphatic rings. The van der Waals surface area contributed by atoms with Crippen LogP contribution in [0, 0.1) is 5.92 Å². The number of nitrogens with two attached hydrogens (primary N) is 4. The maximum Gasteiger partial charge on any atom is 0.490 e. The van der Waals surface area contributed by atoms with Crippen molar-refractivity contribution in [1.29, 1.82) is 0 Å². The number of rotatable bonds is 19. The fraction of sp³-hybridized carbons (Fsp3) is 0.500. The van der Waals surface area contributed by atoms with Crippen LogP contribution in [0.3, 0.4) is 0 Å². The molecule has 0 saturated carbocycles. The first-order valence-corrected chi connectivity index (χ1v) is 22.7. The number of carboxylic acids is 3. The van der Waals surface area contributed by atoms with E-state index in [9.17, 15) is 63.5 Å². The first kappa shape index (κ1) is 66.1. The van der Waals surface area contributed by atoms with E-state index in [2.05, 4.69) is 36.2 Å². The summed E-state index contributed by atoms with van der Waals surface area (Å²) in [5.74, 6) is -9.41. The molecule has 0 aliphatic carbocycles. The second-order valence-electron chi connectivity index (χ2n) is 16.3. The molecule has 15 N–H and O–H groups in total. The van der Waals surface area contributed by atoms with E-state index < -0.39 is 54.4 Å². The zero-order valence-electron chi connectivity index (χ0n) is 40.6. The Labute approximate surface area is 427 Å². The standard InChI is InChI=1S/C38H56N12O5.3C2HF3O2/c1-25(51)46-30(14-9-21-45-38(41)42)36(55)48-29(13-8-20-44-37(39)40)35(54)43-19-7-6-10-26-17-22-49(23-18-26)24-33(52)50-31-15-4-2-11-27(31)34(53)47-28-12-3-5-16-32(28)50;3*3-2(4,5)1(6)7/h2-5,11-12,15-16,26,29-30H,6-10,13-14,17-24H2,1H3,(H,43,54)(H,46,51)(H,47,53)(H,48,55)(H4,39,40,44)(H4,41,42,45);3*(H,6,7)/t29-,30-;;;/m0.../s1. The number of hydrogen-bond donors (Lipinski definition) is 11. The van der Waals surface area contributed by atoms with Crippen molar-refractivity contribution in [2.24, 2.45) is 38.8 Å². The second kappa shape index (κ2) is 31.7. The van der Waals surface area contributed by atoms with Crippen molar-refractivity contribution < 1.29 is 93.2 Å². The number of nitrogens with one attached hydrogen (secondary N) is 4. The number of likely N-dealkylation sites (tertiary alicyclic amines) is 1. The SMILES string of the molecule is CC(=O)N[C@@H](CCCN=C(N)N)C(=O)N[C@@H](CCCN=C(N)N)C(=O)NCCCCC1CCN(CC(=O)N2c3ccccc3NC(=O)c3ccccc32)CC1.O=C(O)C(F)(F)F.O=C(O)C(F)(F)F.O=C(O)C(F)(F)F. The van der Waals surface area contributed by atoms with E-state index in [1.165, 1.54) is 6.92 Å². The highest BCUT2D eigenvalue weighted by Crippen LogP contribution is 2.38. The summed E-state index contributed by atoms with van der Waals surface area (Å²) in [6.07, 6.45) is -9.20. The van der Waals surface area contributed by atoms with E-state index in [0.29, 0.717) is 67.4 Å². The minimum atomic E-state index is -5.08. The molecule has 5 amide bonds. The molecule has 2 heterocycles. The molecule has 1 fully saturated rings. The minimum Gasteiger partial charge on any atom is -0.475 e. The summed E-state index contributed by atoms with van der Waals surface area (Å²) < 4.78 is 95.2. The summed E-state index contributed by atoms with van der Waals surface area (Å²) >= 11 is 0. The topological polar surface area (TPSA) is 381 Å². The number of anilines is 3. The maximum atomic E-state index is 13.8. The Bertz CT molecular complexity index is 2280. The highest BCUT2D eigenvalue weighted by Gasteiger charge is 2.40. The Morgan fingerprint density at radius 3 is 1.58 bits per heavy atom. The highest BCUT2D eigenvalue weighted by atomic mass is 19.4. The van der Waals surface area contributed by atoms with E-state index in [4.69, 9.17) is 52.6 Å². The van der Waals surface area contributed by atoms with E-state index in [-0.39, 0.29) is 48.5 Å². The van der Waals surface area contributed by atoms with Crippen LogP contribution in [0.25, 0.3) is 0 Å². The Hall–Kier alpha value is -7.93. The number of unbranched alkanes of at least 4 members (excludes halogenated alkanes) is 1. The minimum absolute atomic E-state index is 0.0580. The molecular formula is C44H59F9N12O11. The van der Waals surface area contributed by atoms with Crippen LogP contribution in [0.15, 0.2) is 58.5 Å². The number of aliphatic carboxylic acids is 3. The number of aliphatic imine (C=N–C) groups is 2. The third kappa shape index (κ3) is 25.8. The van der Waals surface area contributed by atoms with Gasteiger partial charge in [-0.15, -0.1) is 0 Å². The molecule has 32 heteroatoms. The van der Waals surface area contributed by atoms with Crippen LogP contribution in [0.4, 0.5) is 56.6 Å². The average Bonchev–Trinajstić information content (AvgIpc) is 3.44. The number of carboxylic acid groups (broad SMARTS) is 3. The fourth-order valence-corrected chi connectivity index (χ4v) is 6.87. The van der Waals surface area contributed by atoms with Gasteiger partial charge in [0.1, 0.15) is 12.1 Å². The number of alkyl halides is 9. The number of amides is 5. The number of carbonyl (C=O) groups excluding carboxylic acids is 5. The Morgan fingerprint density at radius 1 is 0.671 bits per heavy atom. The summed E-state index contributed by atoms with van der Waals surface area (Å²) in [6, 6.07) is 12.8. The quantitative estimate of drug-likeness (QED) is 0.0417. The zero-order valence-corrected chi connectivity index (χ0v) is 40.6. The van der Waals surface area contributed by atoms with Gasteiger partial charge in [0.05, 0.1) is 29.2 Å². The smallest absolute Gasteiger partial charge is 0.475 e. The number of benzene rings is 2. The van der Waals surface area contributed by atoms with E-state index in [0.717, 1.165) is 45.2 Å². The number of guanidine groups is 2. The third-order valence-electron chi connectivity index (χ3n) is 10.4. The van der Waals surface area contributed by atoms with Crippen LogP contribution in [-0.4, -0.2) is 149 Å². The first-order chi connectivity index (χ1) is 35.3. The molecule has 0 bridgehead atoms. The number of halogens is 9. The number of fused-ring (bicyclic) bond motifs is 2. The van der Waals surface area contributed by atoms with Crippen molar-refractivity contribution in [1.82, 2.24) is 20.9 Å². The van der Waals surface area contributed by atoms with Gasteiger partial charge in [0.25, 0.3) is 5.91 Å². The Morgan fingerprint density at radius 2 is 1.12 bits per heavy atom. The molecule has 0 unspecified atom stereocenters. The second-order valence-corrected chi connectivity index (χ2v) is 16.3. The zero-order chi connectivity index (χ0) is 58.0. The van der Waals surface area contributed by atoms with Gasteiger partial charge < -0.3 is 59.5 Å². The summed E-state index contributed by atoms with van der Waals surface area (Å²) in [5, 5.41) is 32.7. The average molecular weight is 1100 g/mol. The van der Waals surface area contributed by atoms with Crippen molar-refractivity contribution in [2.45, 2.75) is 95.3 Å². The largest absolute Gasteiger partial charge is 0.490 e. The van der Waals surface area contributed by atoms with Crippen LogP contribution in [0.1, 0.15) is 75.1 Å². The van der Waals surface area contributed by atoms with Crippen molar-refractivity contribution in [3.8, 4) is 0 Å². The Balaban J connectivity index is 0.00000115. The van der Waals surface area contributed by atoms with Gasteiger partial charge in [0.2, 0.25) is 23.6 Å². The number of piperidine rings is 1. The molecule has 2 aliphatic heterocycles. The predicted molar refractivity (Wildman–Crippen MR) is 254 cm³/mol. The van der Waals surface area contributed by atoms with Crippen molar-refractivity contribution in [3.05, 3.63) is 54.1 Å². The summed E-state index contributed by atoms with van der Waals surface area (Å²) in [5.41, 5.74) is 23.9. The van der Waals surface area contributed by atoms with Crippen LogP contribution < -0.4 is 49.1 Å². The lowest BCUT2D eigenvalue weighted by atomic mass is 9.91. The molecule has 0 aromatic heterocycles. The van der Waals surface area contributed by atoms with Crippen LogP contribution in [0.5, 0.6) is 0 Å². The number of nitrogens with zero attached hydrogens (tertiary/aromatic N) is 4. The summed E-state index contributed by atoms with van der Waals surface area (Å²) in [7, 11) is 0. The fourth-order valence-electron chi connectivity index (χ4n) is 6.87. The van der Waals surface area contributed by atoms with E-state index in [1.54, 1.807) is 29.2 Å². The van der Waals surface area contributed by atoms with Gasteiger partial charge in [-0.1, -0.05) is 37.1 Å². The monoisotopic (exact) mass is 1100 g/mol. The highest BCUT2D eigenvalue weighted by molar-refractivity contribution is 6.18. The Kier molecular flexibility index (Phi) is 27.6. The summed E-state index contributed by atoms with van der Waals surface area (Å²) in [6.45, 7) is 4.16. The first-order valence-electron chi connectivity index (χ1n) is 22.7. The van der Waals surface area contributed by atoms with Gasteiger partial charge in [-0.05, 0) is 88.2 Å². The molecule has 2 aromatic carbocycles. The normalized spacial score (nSPS) is 14.1. The number of para-hydroxylation sites is 3. The van der Waals surface area contributed by atoms with Crippen molar-refractivity contribution >= 4 is 76.4 Å². The number of carbonyl (C=O) groups is 8. The third-order valence-corrected chi connectivity index (χ3v) is 10.4. The predicted octanol–water partition coefficient (Wildman–Crippen LogP) is 2.91. The molecule has 4 rings (SSSR count). The lowest BCUT2D eigenvalue weighted by Crippen LogP contribution is -2.53. The van der Waals surface area contributed by atoms with Gasteiger partial charge in [-0.25, -0.2) is 14.4 Å². The lowest BCUT2D eigenvalue weighted by Gasteiger charge is -2.33. The van der Waals surface area contributed by atoms with Crippen LogP contribution in [0.2, 0.25) is 0 Å². The molecule has 424 valence electrons. The molecular weight excluding hydrogens is 1040 g/mol. The molecule has 0 radical (unpaired) electrons. The maximum absolute atomic E-state index is 13.8. The van der Waals surface area contributed by atoms with Crippen LogP contribution in [-0.2, 0) is 33.6 Å². The molecule has 0 spiro atoms. The van der Waals surface area contributed by atoms with Crippen molar-refractivity contribution in [3.63, 3.8) is 0 Å². The van der Waals surface area contributed by atoms with E-state index >= 15 is 0 Å². The van der Waals surface area contributed by atoms with Gasteiger partial charge in [0, 0.05) is 26.6 Å². The summed E-state index contributed by atoms with van der Waals surface area (Å²) in [4.78, 5) is 103. The molecule has 23 nitrogen and oxygen atoms in total. The molecule has 2 atom stereocenters. The van der Waals surface area contributed by atoms with Gasteiger partial charge in [-0.3, -0.25) is 43.8 Å². The lowest BCUT2D eigenvalue weighted by molar-refractivity contribution is -0.193. The molecule has 1 saturated heterocycles.